The number of hydrogen-bond donors (Lipinski definition) is 1. The third kappa shape index (κ3) is 5.23. The molecule has 0 fully saturated rings. The Kier molecular flexibility index (Phi) is 5.54. The molecule has 0 saturated carbocycles. The number of rotatable bonds is 6. The van der Waals surface area contributed by atoms with Crippen molar-refractivity contribution in [2.24, 2.45) is 0 Å². The number of nitrogens with zero attached hydrogens (tertiary/aromatic N) is 2. The predicted octanol–water partition coefficient (Wildman–Crippen LogP) is 4.43. The molecular formula is C20H15N3O4. The Labute approximate surface area is 155 Å². The van der Waals surface area contributed by atoms with Crippen LogP contribution >= 0.6 is 0 Å². The van der Waals surface area contributed by atoms with E-state index in [4.69, 9.17) is 4.74 Å². The predicted molar refractivity (Wildman–Crippen MR) is 102 cm³/mol. The first kappa shape index (κ1) is 17.8. The summed E-state index contributed by atoms with van der Waals surface area (Å²) >= 11 is 0. The SMILES string of the molecule is O=C(/C=C/c1ccc([N+](=O)[O-])cc1)Nc1ccc(Oc2ccncc2)cc1. The number of carbonyl (C=O) groups is 1. The highest BCUT2D eigenvalue weighted by atomic mass is 16.6. The summed E-state index contributed by atoms with van der Waals surface area (Å²) in [7, 11) is 0. The monoisotopic (exact) mass is 361 g/mol. The first-order valence-electron chi connectivity index (χ1n) is 8.01. The van der Waals surface area contributed by atoms with Crippen molar-refractivity contribution in [1.29, 1.82) is 0 Å². The molecular weight excluding hydrogens is 346 g/mol. The quantitative estimate of drug-likeness (QED) is 0.398. The Hall–Kier alpha value is -4.00. The van der Waals surface area contributed by atoms with Gasteiger partial charge in [0.2, 0.25) is 5.91 Å². The van der Waals surface area contributed by atoms with Crippen LogP contribution in [0.1, 0.15) is 5.56 Å². The average molecular weight is 361 g/mol. The Morgan fingerprint density at radius 3 is 2.22 bits per heavy atom. The summed E-state index contributed by atoms with van der Waals surface area (Å²) in [6.07, 6.45) is 6.23. The van der Waals surface area contributed by atoms with Crippen molar-refractivity contribution in [1.82, 2.24) is 4.98 Å². The minimum absolute atomic E-state index is 0.00526. The molecule has 2 aromatic carbocycles. The van der Waals surface area contributed by atoms with E-state index in [1.807, 2.05) is 0 Å². The third-order valence-corrected chi connectivity index (χ3v) is 3.54. The van der Waals surface area contributed by atoms with E-state index in [2.05, 4.69) is 10.3 Å². The summed E-state index contributed by atoms with van der Waals surface area (Å²) in [6, 6.07) is 16.4. The maximum atomic E-state index is 12.0. The van der Waals surface area contributed by atoms with Gasteiger partial charge in [-0.25, -0.2) is 0 Å². The molecule has 0 radical (unpaired) electrons. The second-order valence-corrected chi connectivity index (χ2v) is 5.48. The number of nitrogens with one attached hydrogen (secondary N) is 1. The summed E-state index contributed by atoms with van der Waals surface area (Å²) < 4.78 is 5.66. The third-order valence-electron chi connectivity index (χ3n) is 3.54. The fourth-order valence-electron chi connectivity index (χ4n) is 2.21. The van der Waals surface area contributed by atoms with E-state index >= 15 is 0 Å². The van der Waals surface area contributed by atoms with Crippen molar-refractivity contribution in [3.8, 4) is 11.5 Å². The first-order valence-corrected chi connectivity index (χ1v) is 8.01. The van der Waals surface area contributed by atoms with E-state index in [1.165, 1.54) is 18.2 Å². The average Bonchev–Trinajstić information content (AvgIpc) is 2.69. The molecule has 0 spiro atoms. The Morgan fingerprint density at radius 1 is 0.963 bits per heavy atom. The molecule has 7 heteroatoms. The molecule has 1 amide bonds. The van der Waals surface area contributed by atoms with Crippen molar-refractivity contribution in [2.75, 3.05) is 5.32 Å². The molecule has 0 aliphatic carbocycles. The molecule has 1 heterocycles. The van der Waals surface area contributed by atoms with Gasteiger partial charge >= 0.3 is 0 Å². The summed E-state index contributed by atoms with van der Waals surface area (Å²) in [5, 5.41) is 13.4. The lowest BCUT2D eigenvalue weighted by Gasteiger charge is -2.06. The molecule has 3 aromatic rings. The van der Waals surface area contributed by atoms with E-state index in [9.17, 15) is 14.9 Å². The number of nitro benzene ring substituents is 1. The lowest BCUT2D eigenvalue weighted by atomic mass is 10.2. The van der Waals surface area contributed by atoms with Crippen LogP contribution in [0.15, 0.2) is 79.1 Å². The minimum Gasteiger partial charge on any atom is -0.457 e. The van der Waals surface area contributed by atoms with Gasteiger partial charge in [-0.2, -0.15) is 0 Å². The Balaban J connectivity index is 1.56. The summed E-state index contributed by atoms with van der Waals surface area (Å²) in [4.78, 5) is 26.1. The Morgan fingerprint density at radius 2 is 1.59 bits per heavy atom. The van der Waals surface area contributed by atoms with Gasteiger partial charge in [-0.3, -0.25) is 19.9 Å². The van der Waals surface area contributed by atoms with Gasteiger partial charge in [0.1, 0.15) is 11.5 Å². The van der Waals surface area contributed by atoms with E-state index in [0.29, 0.717) is 22.7 Å². The smallest absolute Gasteiger partial charge is 0.269 e. The molecule has 3 rings (SSSR count). The molecule has 1 aromatic heterocycles. The minimum atomic E-state index is -0.470. The zero-order chi connectivity index (χ0) is 19.1. The summed E-state index contributed by atoms with van der Waals surface area (Å²) in [5.74, 6) is 1.00. The van der Waals surface area contributed by atoms with Crippen LogP contribution in [-0.2, 0) is 4.79 Å². The number of benzene rings is 2. The number of hydrogen-bond acceptors (Lipinski definition) is 5. The molecule has 27 heavy (non-hydrogen) atoms. The van der Waals surface area contributed by atoms with E-state index in [1.54, 1.807) is 67.0 Å². The van der Waals surface area contributed by atoms with Gasteiger partial charge < -0.3 is 10.1 Å². The second kappa shape index (κ2) is 8.39. The van der Waals surface area contributed by atoms with Crippen molar-refractivity contribution in [3.05, 3.63) is 94.8 Å². The van der Waals surface area contributed by atoms with Crippen LogP contribution in [0.2, 0.25) is 0 Å². The zero-order valence-electron chi connectivity index (χ0n) is 14.1. The van der Waals surface area contributed by atoms with Crippen LogP contribution < -0.4 is 10.1 Å². The van der Waals surface area contributed by atoms with Crippen LogP contribution in [0, 0.1) is 10.1 Å². The van der Waals surface area contributed by atoms with Crippen LogP contribution in [0.3, 0.4) is 0 Å². The van der Waals surface area contributed by atoms with E-state index in [-0.39, 0.29) is 11.6 Å². The number of ether oxygens (including phenoxy) is 1. The fourth-order valence-corrected chi connectivity index (χ4v) is 2.21. The van der Waals surface area contributed by atoms with Gasteiger partial charge in [-0.05, 0) is 60.2 Å². The van der Waals surface area contributed by atoms with Crippen LogP contribution in [0.5, 0.6) is 11.5 Å². The van der Waals surface area contributed by atoms with Gasteiger partial charge in [0.15, 0.2) is 0 Å². The van der Waals surface area contributed by atoms with Gasteiger partial charge in [0.25, 0.3) is 5.69 Å². The summed E-state index contributed by atoms with van der Waals surface area (Å²) in [5.41, 5.74) is 1.32. The topological polar surface area (TPSA) is 94.4 Å². The molecule has 0 saturated heterocycles. The normalized spacial score (nSPS) is 10.5. The number of amides is 1. The van der Waals surface area contributed by atoms with Crippen molar-refractivity contribution in [2.45, 2.75) is 0 Å². The maximum Gasteiger partial charge on any atom is 0.269 e. The van der Waals surface area contributed by atoms with Crippen LogP contribution in [-0.4, -0.2) is 15.8 Å². The first-order chi connectivity index (χ1) is 13.1. The molecule has 134 valence electrons. The lowest BCUT2D eigenvalue weighted by Crippen LogP contribution is -2.07. The number of non-ortho nitro benzene ring substituents is 1. The van der Waals surface area contributed by atoms with Crippen LogP contribution in [0.4, 0.5) is 11.4 Å². The highest BCUT2D eigenvalue weighted by molar-refractivity contribution is 6.01. The standard InChI is InChI=1S/C20H15N3O4/c24-20(10-3-15-1-6-17(7-2-15)23(25)26)22-16-4-8-18(9-5-16)27-19-11-13-21-14-12-19/h1-14H,(H,22,24)/b10-3+. The molecule has 0 aliphatic rings. The molecule has 1 N–H and O–H groups in total. The van der Waals surface area contributed by atoms with E-state index < -0.39 is 4.92 Å². The van der Waals surface area contributed by atoms with Crippen molar-refractivity contribution in [3.63, 3.8) is 0 Å². The number of aromatic nitrogens is 1. The molecule has 0 atom stereocenters. The number of pyridine rings is 1. The number of anilines is 1. The zero-order valence-corrected chi connectivity index (χ0v) is 14.1. The molecule has 0 unspecified atom stereocenters. The maximum absolute atomic E-state index is 12.0. The molecule has 0 bridgehead atoms. The number of carbonyl (C=O) groups excluding carboxylic acids is 1. The highest BCUT2D eigenvalue weighted by Gasteiger charge is 2.03. The van der Waals surface area contributed by atoms with Crippen LogP contribution in [0.25, 0.3) is 6.08 Å². The van der Waals surface area contributed by atoms with Gasteiger partial charge in [0, 0.05) is 36.3 Å². The highest BCUT2D eigenvalue weighted by Crippen LogP contribution is 2.22. The fraction of sp³-hybridized carbons (Fsp3) is 0. The Bertz CT molecular complexity index is 953. The van der Waals surface area contributed by atoms with Crippen molar-refractivity contribution < 1.29 is 14.5 Å². The number of nitro groups is 1. The van der Waals surface area contributed by atoms with E-state index in [0.717, 1.165) is 0 Å². The second-order valence-electron chi connectivity index (χ2n) is 5.48. The molecule has 7 nitrogen and oxygen atoms in total. The largest absolute Gasteiger partial charge is 0.457 e. The van der Waals surface area contributed by atoms with Gasteiger partial charge in [0.05, 0.1) is 4.92 Å². The molecule has 0 aliphatic heterocycles. The van der Waals surface area contributed by atoms with Crippen molar-refractivity contribution >= 4 is 23.4 Å². The van der Waals surface area contributed by atoms with Gasteiger partial charge in [-0.1, -0.05) is 0 Å². The lowest BCUT2D eigenvalue weighted by molar-refractivity contribution is -0.384. The van der Waals surface area contributed by atoms with Gasteiger partial charge in [-0.15, -0.1) is 0 Å². The summed E-state index contributed by atoms with van der Waals surface area (Å²) in [6.45, 7) is 0.